The second-order valence-corrected chi connectivity index (χ2v) is 5.43. The van der Waals surface area contributed by atoms with Gasteiger partial charge in [0.1, 0.15) is 17.5 Å². The van der Waals surface area contributed by atoms with E-state index in [0.29, 0.717) is 0 Å². The summed E-state index contributed by atoms with van der Waals surface area (Å²) in [5.74, 6) is 2.72. The summed E-state index contributed by atoms with van der Waals surface area (Å²) in [6.45, 7) is 6.20. The van der Waals surface area contributed by atoms with Crippen LogP contribution in [-0.2, 0) is 7.05 Å². The molecule has 0 aliphatic heterocycles. The molecule has 0 fully saturated rings. The third-order valence-corrected chi connectivity index (χ3v) is 3.41. The topological polar surface area (TPSA) is 84.3 Å². The minimum atomic E-state index is 0.0262. The number of nitrogens with zero attached hydrogens (tertiary/aromatic N) is 5. The molecular weight excluding hydrogens is 266 g/mol. The second-order valence-electron chi connectivity index (χ2n) is 5.43. The largest absolute Gasteiger partial charge is 0.360 e. The standard InChI is InChI=1S/C14H19N7/c1-8(2)11-19-13(10-7-17-21(4)14(10)20-11)18-9(3)12-15-5-6-16-12/h5-9H,1-4H3,(H,15,16)(H,18,19,20)/t9-/m1/s1. The van der Waals surface area contributed by atoms with E-state index in [2.05, 4.69) is 44.2 Å². The van der Waals surface area contributed by atoms with Gasteiger partial charge in [-0.2, -0.15) is 5.10 Å². The van der Waals surface area contributed by atoms with Crippen LogP contribution in [0.15, 0.2) is 18.6 Å². The van der Waals surface area contributed by atoms with Crippen molar-refractivity contribution in [2.24, 2.45) is 7.05 Å². The van der Waals surface area contributed by atoms with Crippen LogP contribution in [0, 0.1) is 0 Å². The van der Waals surface area contributed by atoms with Gasteiger partial charge in [-0.25, -0.2) is 15.0 Å². The maximum atomic E-state index is 4.65. The van der Waals surface area contributed by atoms with Crippen molar-refractivity contribution < 1.29 is 0 Å². The molecule has 0 radical (unpaired) electrons. The Morgan fingerprint density at radius 2 is 2.05 bits per heavy atom. The molecule has 3 aromatic heterocycles. The molecular formula is C14H19N7. The van der Waals surface area contributed by atoms with E-state index in [4.69, 9.17) is 0 Å². The van der Waals surface area contributed by atoms with Crippen LogP contribution in [0.3, 0.4) is 0 Å². The molecule has 21 heavy (non-hydrogen) atoms. The first kappa shape index (κ1) is 13.5. The van der Waals surface area contributed by atoms with Crippen molar-refractivity contribution in [3.63, 3.8) is 0 Å². The normalized spacial score (nSPS) is 13.0. The lowest BCUT2D eigenvalue weighted by atomic mass is 10.2. The number of H-pyrrole nitrogens is 1. The van der Waals surface area contributed by atoms with E-state index in [9.17, 15) is 0 Å². The summed E-state index contributed by atoms with van der Waals surface area (Å²) in [6.07, 6.45) is 5.34. The maximum absolute atomic E-state index is 4.65. The van der Waals surface area contributed by atoms with Crippen LogP contribution < -0.4 is 5.32 Å². The predicted octanol–water partition coefficient (Wildman–Crippen LogP) is 2.38. The van der Waals surface area contributed by atoms with Crippen molar-refractivity contribution in [2.45, 2.75) is 32.7 Å². The van der Waals surface area contributed by atoms with Crippen LogP contribution >= 0.6 is 0 Å². The highest BCUT2D eigenvalue weighted by Crippen LogP contribution is 2.25. The van der Waals surface area contributed by atoms with Gasteiger partial charge in [0.15, 0.2) is 5.65 Å². The minimum absolute atomic E-state index is 0.0262. The van der Waals surface area contributed by atoms with Gasteiger partial charge >= 0.3 is 0 Å². The van der Waals surface area contributed by atoms with Crippen molar-refractivity contribution >= 4 is 16.9 Å². The van der Waals surface area contributed by atoms with Gasteiger partial charge in [0.2, 0.25) is 0 Å². The third kappa shape index (κ3) is 2.46. The molecule has 0 spiro atoms. The summed E-state index contributed by atoms with van der Waals surface area (Å²) in [6, 6.07) is 0.0262. The van der Waals surface area contributed by atoms with Gasteiger partial charge in [0, 0.05) is 25.4 Å². The molecule has 0 unspecified atom stereocenters. The van der Waals surface area contributed by atoms with E-state index in [0.717, 1.165) is 28.5 Å². The highest BCUT2D eigenvalue weighted by Gasteiger charge is 2.16. The summed E-state index contributed by atoms with van der Waals surface area (Å²) in [7, 11) is 1.89. The number of hydrogen-bond donors (Lipinski definition) is 2. The van der Waals surface area contributed by atoms with Crippen LogP contribution in [-0.4, -0.2) is 29.7 Å². The van der Waals surface area contributed by atoms with E-state index < -0.39 is 0 Å². The molecule has 1 atom stereocenters. The Bertz CT molecular complexity index is 742. The van der Waals surface area contributed by atoms with E-state index in [-0.39, 0.29) is 12.0 Å². The predicted molar refractivity (Wildman–Crippen MR) is 81.0 cm³/mol. The van der Waals surface area contributed by atoms with Gasteiger partial charge in [-0.1, -0.05) is 13.8 Å². The van der Waals surface area contributed by atoms with Gasteiger partial charge in [0.05, 0.1) is 17.6 Å². The van der Waals surface area contributed by atoms with Crippen molar-refractivity contribution in [3.05, 3.63) is 30.2 Å². The number of nitrogens with one attached hydrogen (secondary N) is 2. The van der Waals surface area contributed by atoms with Crippen molar-refractivity contribution in [3.8, 4) is 0 Å². The number of aryl methyl sites for hydroxylation is 1. The van der Waals surface area contributed by atoms with Crippen LogP contribution in [0.4, 0.5) is 5.82 Å². The van der Waals surface area contributed by atoms with Crippen LogP contribution in [0.5, 0.6) is 0 Å². The zero-order valence-electron chi connectivity index (χ0n) is 12.6. The molecule has 0 saturated carbocycles. The Balaban J connectivity index is 2.04. The molecule has 2 N–H and O–H groups in total. The first-order valence-electron chi connectivity index (χ1n) is 7.01. The zero-order valence-corrected chi connectivity index (χ0v) is 12.6. The van der Waals surface area contributed by atoms with Gasteiger partial charge in [-0.05, 0) is 6.92 Å². The molecule has 7 heteroatoms. The van der Waals surface area contributed by atoms with Crippen LogP contribution in [0.2, 0.25) is 0 Å². The molecule has 7 nitrogen and oxygen atoms in total. The summed E-state index contributed by atoms with van der Waals surface area (Å²) in [4.78, 5) is 16.6. The molecule has 0 aliphatic rings. The van der Waals surface area contributed by atoms with Crippen LogP contribution in [0.25, 0.3) is 11.0 Å². The lowest BCUT2D eigenvalue weighted by Gasteiger charge is -2.14. The summed E-state index contributed by atoms with van der Waals surface area (Å²) >= 11 is 0. The summed E-state index contributed by atoms with van der Waals surface area (Å²) in [5.41, 5.74) is 0.836. The minimum Gasteiger partial charge on any atom is -0.360 e. The van der Waals surface area contributed by atoms with E-state index >= 15 is 0 Å². The number of rotatable bonds is 4. The fourth-order valence-corrected chi connectivity index (χ4v) is 2.19. The highest BCUT2D eigenvalue weighted by atomic mass is 15.3. The molecule has 110 valence electrons. The van der Waals surface area contributed by atoms with Gasteiger partial charge in [0.25, 0.3) is 0 Å². The molecule has 0 bridgehead atoms. The average Bonchev–Trinajstić information content (AvgIpc) is 3.09. The molecule has 3 heterocycles. The molecule has 0 aliphatic carbocycles. The third-order valence-electron chi connectivity index (χ3n) is 3.41. The van der Waals surface area contributed by atoms with Gasteiger partial charge in [-0.15, -0.1) is 0 Å². The molecule has 0 aromatic carbocycles. The number of hydrogen-bond acceptors (Lipinski definition) is 5. The quantitative estimate of drug-likeness (QED) is 0.769. The Morgan fingerprint density at radius 3 is 2.71 bits per heavy atom. The van der Waals surface area contributed by atoms with E-state index in [1.54, 1.807) is 17.1 Å². The molecule has 3 aromatic rings. The molecule has 3 rings (SSSR count). The Kier molecular flexibility index (Phi) is 3.32. The highest BCUT2D eigenvalue weighted by molar-refractivity contribution is 5.86. The second kappa shape index (κ2) is 5.16. The van der Waals surface area contributed by atoms with Crippen LogP contribution in [0.1, 0.15) is 44.4 Å². The fraction of sp³-hybridized carbons (Fsp3) is 0.429. The summed E-state index contributed by atoms with van der Waals surface area (Å²) in [5, 5.41) is 8.59. The Hall–Kier alpha value is -2.44. The van der Waals surface area contributed by atoms with Crippen molar-refractivity contribution in [2.75, 3.05) is 5.32 Å². The number of imidazole rings is 1. The number of aromatic nitrogens is 6. The lowest BCUT2D eigenvalue weighted by Crippen LogP contribution is -2.12. The van der Waals surface area contributed by atoms with Crippen molar-refractivity contribution in [1.82, 2.24) is 29.7 Å². The van der Waals surface area contributed by atoms with Gasteiger partial charge < -0.3 is 10.3 Å². The Labute approximate surface area is 122 Å². The number of anilines is 1. The number of aromatic amines is 1. The lowest BCUT2D eigenvalue weighted by molar-refractivity contribution is 0.746. The smallest absolute Gasteiger partial charge is 0.163 e. The fourth-order valence-electron chi connectivity index (χ4n) is 2.19. The Morgan fingerprint density at radius 1 is 1.24 bits per heavy atom. The monoisotopic (exact) mass is 285 g/mol. The SMILES string of the molecule is CC(C)c1nc(N[C@H](C)c2ncc[nH]2)c2cnn(C)c2n1. The summed E-state index contributed by atoms with van der Waals surface area (Å²) < 4.78 is 1.77. The number of fused-ring (bicyclic) bond motifs is 1. The molecule has 0 saturated heterocycles. The van der Waals surface area contributed by atoms with Gasteiger partial charge in [-0.3, -0.25) is 4.68 Å². The van der Waals surface area contributed by atoms with E-state index in [1.165, 1.54) is 0 Å². The zero-order chi connectivity index (χ0) is 15.0. The maximum Gasteiger partial charge on any atom is 0.163 e. The first-order chi connectivity index (χ1) is 10.1. The first-order valence-corrected chi connectivity index (χ1v) is 7.01. The molecule has 0 amide bonds. The van der Waals surface area contributed by atoms with E-state index in [1.807, 2.05) is 20.2 Å². The van der Waals surface area contributed by atoms with Crippen molar-refractivity contribution in [1.29, 1.82) is 0 Å². The average molecular weight is 285 g/mol.